The molecule has 0 aliphatic heterocycles. The maximum atomic E-state index is 12.7. The fraction of sp³-hybridized carbons (Fsp3) is 0.421. The van der Waals surface area contributed by atoms with Gasteiger partial charge in [0.25, 0.3) is 0 Å². The predicted molar refractivity (Wildman–Crippen MR) is 107 cm³/mol. The van der Waals surface area contributed by atoms with Gasteiger partial charge >= 0.3 is 11.9 Å². The van der Waals surface area contributed by atoms with Crippen LogP contribution >= 0.6 is 0 Å². The summed E-state index contributed by atoms with van der Waals surface area (Å²) in [7, 11) is 0. The molecule has 0 aliphatic rings. The van der Waals surface area contributed by atoms with Crippen molar-refractivity contribution < 1.29 is 39.3 Å². The maximum absolute atomic E-state index is 12.7. The number of carbonyl (C=O) groups is 5. The van der Waals surface area contributed by atoms with Crippen LogP contribution in [-0.4, -0.2) is 76.3 Å². The van der Waals surface area contributed by atoms with Crippen molar-refractivity contribution in [1.82, 2.24) is 16.0 Å². The van der Waals surface area contributed by atoms with Crippen molar-refractivity contribution in [2.75, 3.05) is 13.2 Å². The van der Waals surface area contributed by atoms with Crippen LogP contribution in [0.1, 0.15) is 18.4 Å². The monoisotopic (exact) mass is 438 g/mol. The Kier molecular flexibility index (Phi) is 10.6. The Hall–Kier alpha value is -3.51. The number of carbonyl (C=O) groups excluding carboxylic acids is 3. The van der Waals surface area contributed by atoms with Gasteiger partial charge in [-0.3, -0.25) is 24.0 Å². The summed E-state index contributed by atoms with van der Waals surface area (Å²) >= 11 is 0. The summed E-state index contributed by atoms with van der Waals surface area (Å²) < 4.78 is 0. The first-order valence-corrected chi connectivity index (χ1v) is 9.36. The van der Waals surface area contributed by atoms with Gasteiger partial charge < -0.3 is 37.0 Å². The van der Waals surface area contributed by atoms with E-state index < -0.39 is 67.4 Å². The van der Waals surface area contributed by atoms with E-state index in [2.05, 4.69) is 16.0 Å². The van der Waals surface area contributed by atoms with Crippen LogP contribution in [0.15, 0.2) is 30.3 Å². The number of amides is 3. The van der Waals surface area contributed by atoms with Gasteiger partial charge in [0.15, 0.2) is 0 Å². The lowest BCUT2D eigenvalue weighted by Gasteiger charge is -2.23. The SMILES string of the molecule is NC(CO)C(=O)NC(CCC(=O)O)C(=O)NC(Cc1ccccc1)C(=O)NCC(=O)O. The highest BCUT2D eigenvalue weighted by Crippen LogP contribution is 2.06. The molecule has 12 heteroatoms. The molecule has 0 heterocycles. The van der Waals surface area contributed by atoms with E-state index in [1.165, 1.54) is 0 Å². The molecule has 3 atom stereocenters. The summed E-state index contributed by atoms with van der Waals surface area (Å²) in [5.41, 5.74) is 6.08. The lowest BCUT2D eigenvalue weighted by atomic mass is 10.0. The standard InChI is InChI=1S/C19H26N4O8/c20-12(10-24)17(29)22-13(6-7-15(25)26)19(31)23-14(18(30)21-9-16(27)28)8-11-4-2-1-3-5-11/h1-5,12-14,24H,6-10,20H2,(H,21,30)(H,22,29)(H,23,31)(H,25,26)(H,27,28). The van der Waals surface area contributed by atoms with Gasteiger partial charge in [-0.05, 0) is 12.0 Å². The number of nitrogens with one attached hydrogen (secondary N) is 3. The van der Waals surface area contributed by atoms with Crippen molar-refractivity contribution in [3.8, 4) is 0 Å². The molecule has 170 valence electrons. The summed E-state index contributed by atoms with van der Waals surface area (Å²) in [6.07, 6.45) is -0.727. The molecular formula is C19H26N4O8. The molecule has 0 aliphatic carbocycles. The molecular weight excluding hydrogens is 412 g/mol. The number of nitrogens with two attached hydrogens (primary N) is 1. The Bertz CT molecular complexity index is 786. The van der Waals surface area contributed by atoms with E-state index in [0.29, 0.717) is 5.56 Å². The highest BCUT2D eigenvalue weighted by Gasteiger charge is 2.28. The van der Waals surface area contributed by atoms with E-state index in [1.807, 2.05) is 0 Å². The average molecular weight is 438 g/mol. The zero-order valence-corrected chi connectivity index (χ0v) is 16.6. The number of hydrogen-bond donors (Lipinski definition) is 7. The van der Waals surface area contributed by atoms with E-state index in [1.54, 1.807) is 30.3 Å². The van der Waals surface area contributed by atoms with Crippen LogP contribution in [0.2, 0.25) is 0 Å². The summed E-state index contributed by atoms with van der Waals surface area (Å²) in [6.45, 7) is -1.35. The number of carboxylic acid groups (broad SMARTS) is 2. The predicted octanol–water partition coefficient (Wildman–Crippen LogP) is -2.42. The molecule has 0 saturated carbocycles. The lowest BCUT2D eigenvalue weighted by molar-refractivity contribution is -0.138. The molecule has 1 aromatic rings. The second-order valence-electron chi connectivity index (χ2n) is 6.65. The van der Waals surface area contributed by atoms with Gasteiger partial charge in [0.1, 0.15) is 24.7 Å². The van der Waals surface area contributed by atoms with Gasteiger partial charge in [-0.1, -0.05) is 30.3 Å². The molecule has 0 bridgehead atoms. The number of carboxylic acids is 2. The Balaban J connectivity index is 2.99. The summed E-state index contributed by atoms with van der Waals surface area (Å²) in [5.74, 6) is -4.98. The number of aliphatic hydroxyl groups is 1. The quantitative estimate of drug-likeness (QED) is 0.175. The van der Waals surface area contributed by atoms with Gasteiger partial charge in [0.2, 0.25) is 17.7 Å². The van der Waals surface area contributed by atoms with Crippen LogP contribution in [0.5, 0.6) is 0 Å². The topological polar surface area (TPSA) is 208 Å². The molecule has 12 nitrogen and oxygen atoms in total. The molecule has 0 saturated heterocycles. The van der Waals surface area contributed by atoms with Crippen LogP contribution in [-0.2, 0) is 30.4 Å². The third-order valence-electron chi connectivity index (χ3n) is 4.14. The Morgan fingerprint density at radius 3 is 2.03 bits per heavy atom. The van der Waals surface area contributed by atoms with Gasteiger partial charge in [-0.15, -0.1) is 0 Å². The minimum Gasteiger partial charge on any atom is -0.481 e. The van der Waals surface area contributed by atoms with Crippen LogP contribution in [0.3, 0.4) is 0 Å². The zero-order chi connectivity index (χ0) is 23.4. The average Bonchev–Trinajstić information content (AvgIpc) is 2.73. The number of hydrogen-bond acceptors (Lipinski definition) is 7. The minimum atomic E-state index is -1.34. The third kappa shape index (κ3) is 9.69. The van der Waals surface area contributed by atoms with E-state index in [4.69, 9.17) is 21.1 Å². The van der Waals surface area contributed by atoms with Gasteiger partial charge in [0.05, 0.1) is 6.61 Å². The van der Waals surface area contributed by atoms with E-state index >= 15 is 0 Å². The summed E-state index contributed by atoms with van der Waals surface area (Å²) in [6, 6.07) is 4.74. The highest BCUT2D eigenvalue weighted by atomic mass is 16.4. The van der Waals surface area contributed by atoms with E-state index in [9.17, 15) is 24.0 Å². The van der Waals surface area contributed by atoms with Crippen LogP contribution in [0.25, 0.3) is 0 Å². The molecule has 0 aromatic heterocycles. The number of aliphatic carboxylic acids is 2. The fourth-order valence-electron chi connectivity index (χ4n) is 2.52. The van der Waals surface area contributed by atoms with Crippen molar-refractivity contribution in [3.05, 3.63) is 35.9 Å². The number of rotatable bonds is 13. The van der Waals surface area contributed by atoms with Crippen molar-refractivity contribution in [2.24, 2.45) is 5.73 Å². The normalized spacial score (nSPS) is 13.4. The van der Waals surface area contributed by atoms with Crippen LogP contribution < -0.4 is 21.7 Å². The van der Waals surface area contributed by atoms with Crippen molar-refractivity contribution in [2.45, 2.75) is 37.4 Å². The van der Waals surface area contributed by atoms with Gasteiger partial charge in [-0.25, -0.2) is 0 Å². The maximum Gasteiger partial charge on any atom is 0.322 e. The minimum absolute atomic E-state index is 0.0216. The summed E-state index contributed by atoms with van der Waals surface area (Å²) in [5, 5.41) is 33.5. The fourth-order valence-corrected chi connectivity index (χ4v) is 2.52. The van der Waals surface area contributed by atoms with Crippen molar-refractivity contribution in [1.29, 1.82) is 0 Å². The van der Waals surface area contributed by atoms with Crippen LogP contribution in [0, 0.1) is 0 Å². The van der Waals surface area contributed by atoms with Crippen molar-refractivity contribution in [3.63, 3.8) is 0 Å². The highest BCUT2D eigenvalue weighted by molar-refractivity contribution is 5.94. The molecule has 31 heavy (non-hydrogen) atoms. The lowest BCUT2D eigenvalue weighted by Crippen LogP contribution is -2.57. The second-order valence-corrected chi connectivity index (χ2v) is 6.65. The Labute approximate surface area is 177 Å². The zero-order valence-electron chi connectivity index (χ0n) is 16.6. The second kappa shape index (κ2) is 12.9. The molecule has 8 N–H and O–H groups in total. The third-order valence-corrected chi connectivity index (χ3v) is 4.14. The molecule has 0 spiro atoms. The van der Waals surface area contributed by atoms with Crippen LogP contribution in [0.4, 0.5) is 0 Å². The molecule has 3 unspecified atom stereocenters. The largest absolute Gasteiger partial charge is 0.481 e. The van der Waals surface area contributed by atoms with Gasteiger partial charge in [0, 0.05) is 12.8 Å². The molecule has 0 radical (unpaired) electrons. The number of aliphatic hydroxyl groups excluding tert-OH is 1. The number of benzene rings is 1. The first kappa shape index (κ1) is 25.5. The smallest absolute Gasteiger partial charge is 0.322 e. The summed E-state index contributed by atoms with van der Waals surface area (Å²) in [4.78, 5) is 58.7. The van der Waals surface area contributed by atoms with Gasteiger partial charge in [-0.2, -0.15) is 0 Å². The Morgan fingerprint density at radius 2 is 1.48 bits per heavy atom. The molecule has 1 rings (SSSR count). The molecule has 1 aromatic carbocycles. The first-order valence-electron chi connectivity index (χ1n) is 9.36. The van der Waals surface area contributed by atoms with Crippen molar-refractivity contribution >= 4 is 29.7 Å². The molecule has 3 amide bonds. The first-order chi connectivity index (χ1) is 14.6. The van der Waals surface area contributed by atoms with E-state index in [0.717, 1.165) is 0 Å². The molecule has 0 fully saturated rings. The van der Waals surface area contributed by atoms with E-state index in [-0.39, 0.29) is 12.8 Å². The Morgan fingerprint density at radius 1 is 0.871 bits per heavy atom.